The zero-order valence-corrected chi connectivity index (χ0v) is 21.8. The second kappa shape index (κ2) is 13.0. The normalized spacial score (nSPS) is 18.8. The summed E-state index contributed by atoms with van der Waals surface area (Å²) >= 11 is 0. The third kappa shape index (κ3) is 6.79. The number of benzene rings is 2. The SMILES string of the molecule is CCCCOC(=O)c1ccc(NC(=O)COC(=O)[C@@H](Cc2ccccc2)N2C(=O)[C@H]3CC=CC[C@H]3C2=O)cc1. The summed E-state index contributed by atoms with van der Waals surface area (Å²) in [6.07, 6.45) is 6.45. The number of likely N-dealkylation sites (tertiary alicyclic amines) is 1. The van der Waals surface area contributed by atoms with Crippen molar-refractivity contribution in [2.24, 2.45) is 11.8 Å². The number of nitrogens with zero attached hydrogens (tertiary/aromatic N) is 1. The van der Waals surface area contributed by atoms with Gasteiger partial charge in [0.2, 0.25) is 11.8 Å². The largest absolute Gasteiger partial charge is 0.462 e. The molecule has 3 atom stereocenters. The van der Waals surface area contributed by atoms with Crippen molar-refractivity contribution in [2.75, 3.05) is 18.5 Å². The second-order valence-corrected chi connectivity index (χ2v) is 9.63. The third-order valence-corrected chi connectivity index (χ3v) is 6.88. The standard InChI is InChI=1S/C30H32N2O7/c1-2-3-17-38-29(36)21-13-15-22(16-14-21)31-26(33)19-39-30(37)25(18-20-9-5-4-6-10-20)32-27(34)23-11-7-8-12-24(23)28(32)35/h4-10,13-16,23-25H,2-3,11-12,17-19H2,1H3,(H,31,33)/t23-,24+,25-/m1/s1. The van der Waals surface area contributed by atoms with E-state index in [1.54, 1.807) is 36.4 Å². The molecule has 2 aromatic rings. The van der Waals surface area contributed by atoms with Gasteiger partial charge in [-0.05, 0) is 49.1 Å². The van der Waals surface area contributed by atoms with E-state index in [0.717, 1.165) is 23.3 Å². The topological polar surface area (TPSA) is 119 Å². The zero-order chi connectivity index (χ0) is 27.8. The summed E-state index contributed by atoms with van der Waals surface area (Å²) in [6, 6.07) is 14.0. The van der Waals surface area contributed by atoms with E-state index in [9.17, 15) is 24.0 Å². The van der Waals surface area contributed by atoms with Crippen molar-refractivity contribution in [3.63, 3.8) is 0 Å². The summed E-state index contributed by atoms with van der Waals surface area (Å²) in [6.45, 7) is 1.74. The van der Waals surface area contributed by atoms with Crippen LogP contribution >= 0.6 is 0 Å². The van der Waals surface area contributed by atoms with Crippen LogP contribution in [0.15, 0.2) is 66.7 Å². The first-order valence-electron chi connectivity index (χ1n) is 13.2. The summed E-state index contributed by atoms with van der Waals surface area (Å²) in [5.41, 5.74) is 1.52. The van der Waals surface area contributed by atoms with E-state index in [0.29, 0.717) is 30.7 Å². The van der Waals surface area contributed by atoms with Gasteiger partial charge in [0.25, 0.3) is 5.91 Å². The summed E-state index contributed by atoms with van der Waals surface area (Å²) in [5, 5.41) is 2.61. The Balaban J connectivity index is 1.38. The van der Waals surface area contributed by atoms with Gasteiger partial charge in [-0.2, -0.15) is 0 Å². The van der Waals surface area contributed by atoms with Crippen molar-refractivity contribution in [3.8, 4) is 0 Å². The fourth-order valence-electron chi connectivity index (χ4n) is 4.76. The number of amides is 3. The van der Waals surface area contributed by atoms with E-state index in [1.807, 2.05) is 25.1 Å². The third-order valence-electron chi connectivity index (χ3n) is 6.88. The van der Waals surface area contributed by atoms with E-state index in [4.69, 9.17) is 9.47 Å². The molecule has 1 heterocycles. The fourth-order valence-corrected chi connectivity index (χ4v) is 4.76. The second-order valence-electron chi connectivity index (χ2n) is 9.63. The average Bonchev–Trinajstić information content (AvgIpc) is 3.21. The number of rotatable bonds is 11. The number of hydrogen-bond donors (Lipinski definition) is 1. The highest BCUT2D eigenvalue weighted by atomic mass is 16.5. The van der Waals surface area contributed by atoms with Gasteiger partial charge in [0.15, 0.2) is 6.61 Å². The number of fused-ring (bicyclic) bond motifs is 1. The van der Waals surface area contributed by atoms with Crippen molar-refractivity contribution in [1.82, 2.24) is 4.90 Å². The molecule has 1 saturated heterocycles. The molecule has 204 valence electrons. The van der Waals surface area contributed by atoms with Crippen LogP contribution in [-0.2, 0) is 35.1 Å². The Labute approximate surface area is 227 Å². The molecule has 2 aliphatic rings. The Morgan fingerprint density at radius 1 is 0.923 bits per heavy atom. The monoisotopic (exact) mass is 532 g/mol. The molecule has 1 aliphatic heterocycles. The lowest BCUT2D eigenvalue weighted by Crippen LogP contribution is -2.48. The molecular formula is C30H32N2O7. The van der Waals surface area contributed by atoms with Gasteiger partial charge in [0, 0.05) is 12.1 Å². The molecule has 9 heteroatoms. The van der Waals surface area contributed by atoms with Crippen molar-refractivity contribution < 1.29 is 33.4 Å². The van der Waals surface area contributed by atoms with Crippen LogP contribution in [0.2, 0.25) is 0 Å². The van der Waals surface area contributed by atoms with Crippen molar-refractivity contribution in [3.05, 3.63) is 77.9 Å². The van der Waals surface area contributed by atoms with Crippen LogP contribution in [0, 0.1) is 11.8 Å². The van der Waals surface area contributed by atoms with Gasteiger partial charge >= 0.3 is 11.9 Å². The predicted octanol–water partition coefficient (Wildman–Crippen LogP) is 3.69. The number of esters is 2. The molecule has 2 aromatic carbocycles. The molecule has 1 fully saturated rings. The number of allylic oxidation sites excluding steroid dienone is 2. The number of imide groups is 1. The molecule has 0 saturated carbocycles. The van der Waals surface area contributed by atoms with E-state index in [2.05, 4.69) is 5.32 Å². The van der Waals surface area contributed by atoms with Crippen LogP contribution in [0.5, 0.6) is 0 Å². The van der Waals surface area contributed by atoms with Crippen LogP contribution < -0.4 is 5.32 Å². The maximum Gasteiger partial charge on any atom is 0.338 e. The number of carbonyl (C=O) groups is 5. The Morgan fingerprint density at radius 2 is 1.56 bits per heavy atom. The lowest BCUT2D eigenvalue weighted by Gasteiger charge is -2.25. The molecule has 0 unspecified atom stereocenters. The molecule has 39 heavy (non-hydrogen) atoms. The molecule has 1 N–H and O–H groups in total. The molecule has 0 bridgehead atoms. The molecule has 0 radical (unpaired) electrons. The summed E-state index contributed by atoms with van der Waals surface area (Å²) in [7, 11) is 0. The van der Waals surface area contributed by atoms with Gasteiger partial charge in [-0.25, -0.2) is 9.59 Å². The first-order valence-corrected chi connectivity index (χ1v) is 13.2. The molecule has 9 nitrogen and oxygen atoms in total. The molecule has 1 aliphatic carbocycles. The van der Waals surface area contributed by atoms with Gasteiger partial charge in [-0.1, -0.05) is 55.8 Å². The molecule has 4 rings (SSSR count). The Hall–Kier alpha value is -4.27. The maximum atomic E-state index is 13.2. The van der Waals surface area contributed by atoms with Gasteiger partial charge in [0.05, 0.1) is 24.0 Å². The van der Waals surface area contributed by atoms with Crippen molar-refractivity contribution in [1.29, 1.82) is 0 Å². The Bertz CT molecular complexity index is 1210. The summed E-state index contributed by atoms with van der Waals surface area (Å²) in [5.74, 6) is -3.60. The van der Waals surface area contributed by atoms with Gasteiger partial charge in [-0.15, -0.1) is 0 Å². The number of nitrogens with one attached hydrogen (secondary N) is 1. The first-order chi connectivity index (χ1) is 18.9. The quantitative estimate of drug-likeness (QED) is 0.203. The molecule has 3 amide bonds. The minimum atomic E-state index is -1.18. The Morgan fingerprint density at radius 3 is 2.18 bits per heavy atom. The summed E-state index contributed by atoms with van der Waals surface area (Å²) in [4.78, 5) is 65.1. The number of carbonyl (C=O) groups excluding carboxylic acids is 5. The number of unbranched alkanes of at least 4 members (excludes halogenated alkanes) is 1. The van der Waals surface area contributed by atoms with E-state index in [1.165, 1.54) is 12.1 Å². The van der Waals surface area contributed by atoms with E-state index >= 15 is 0 Å². The van der Waals surface area contributed by atoms with Gasteiger partial charge < -0.3 is 14.8 Å². The molecule has 0 aromatic heterocycles. The smallest absolute Gasteiger partial charge is 0.338 e. The minimum Gasteiger partial charge on any atom is -0.462 e. The van der Waals surface area contributed by atoms with E-state index in [-0.39, 0.29) is 18.2 Å². The van der Waals surface area contributed by atoms with Crippen molar-refractivity contribution in [2.45, 2.75) is 45.1 Å². The lowest BCUT2D eigenvalue weighted by atomic mass is 9.85. The highest BCUT2D eigenvalue weighted by Gasteiger charge is 2.51. The molecule has 0 spiro atoms. The van der Waals surface area contributed by atoms with E-state index < -0.39 is 42.3 Å². The average molecular weight is 533 g/mol. The van der Waals surface area contributed by atoms with Crippen LogP contribution in [-0.4, -0.2) is 53.8 Å². The van der Waals surface area contributed by atoms with Crippen LogP contribution in [0.25, 0.3) is 0 Å². The summed E-state index contributed by atoms with van der Waals surface area (Å²) < 4.78 is 10.5. The van der Waals surface area contributed by atoms with Crippen LogP contribution in [0.3, 0.4) is 0 Å². The number of ether oxygens (including phenoxy) is 2. The highest BCUT2D eigenvalue weighted by molar-refractivity contribution is 6.08. The van der Waals surface area contributed by atoms with Gasteiger partial charge in [0.1, 0.15) is 6.04 Å². The van der Waals surface area contributed by atoms with Gasteiger partial charge in [-0.3, -0.25) is 19.3 Å². The highest BCUT2D eigenvalue weighted by Crippen LogP contribution is 2.36. The molecular weight excluding hydrogens is 500 g/mol. The number of hydrogen-bond acceptors (Lipinski definition) is 7. The van der Waals surface area contributed by atoms with Crippen LogP contribution in [0.4, 0.5) is 5.69 Å². The number of anilines is 1. The van der Waals surface area contributed by atoms with Crippen molar-refractivity contribution >= 4 is 35.3 Å². The Kier molecular flexibility index (Phi) is 9.25. The van der Waals surface area contributed by atoms with Crippen LogP contribution in [0.1, 0.15) is 48.5 Å². The minimum absolute atomic E-state index is 0.0848. The zero-order valence-electron chi connectivity index (χ0n) is 21.8. The fraction of sp³-hybridized carbons (Fsp3) is 0.367. The first kappa shape index (κ1) is 27.8. The maximum absolute atomic E-state index is 13.2. The lowest BCUT2D eigenvalue weighted by molar-refractivity contribution is -0.159. The predicted molar refractivity (Wildman–Crippen MR) is 142 cm³/mol.